The van der Waals surface area contributed by atoms with Gasteiger partial charge in [-0.25, -0.2) is 19.4 Å². The molecular weight excluding hydrogens is 437 g/mol. The first-order chi connectivity index (χ1) is 14.7. The van der Waals surface area contributed by atoms with Gasteiger partial charge in [0.15, 0.2) is 11.5 Å². The molecule has 0 bridgehead atoms. The molecule has 0 unspecified atom stereocenters. The van der Waals surface area contributed by atoms with E-state index < -0.39 is 58.4 Å². The molecule has 0 aliphatic heterocycles. The van der Waals surface area contributed by atoms with Crippen LogP contribution in [0.15, 0.2) is 18.7 Å². The molecule has 0 spiro atoms. The molecule has 0 saturated heterocycles. The zero-order valence-electron chi connectivity index (χ0n) is 18.2. The number of imide groups is 1. The van der Waals surface area contributed by atoms with Gasteiger partial charge < -0.3 is 14.2 Å². The number of hydrogen-bond acceptors (Lipinski definition) is 8. The van der Waals surface area contributed by atoms with Crippen LogP contribution in [0, 0.1) is 0 Å². The van der Waals surface area contributed by atoms with Crippen LogP contribution in [-0.2, 0) is 20.4 Å². The van der Waals surface area contributed by atoms with E-state index in [1.165, 1.54) is 26.8 Å². The Morgan fingerprint density at radius 3 is 2.09 bits per heavy atom. The fraction of sp³-hybridized carbons (Fsp3) is 0.450. The molecule has 1 aromatic rings. The Balaban J connectivity index is 3.91. The lowest BCUT2D eigenvalue weighted by molar-refractivity contribution is -0.138. The van der Waals surface area contributed by atoms with Crippen molar-refractivity contribution >= 4 is 29.6 Å². The van der Waals surface area contributed by atoms with Gasteiger partial charge in [-0.1, -0.05) is 6.08 Å². The summed E-state index contributed by atoms with van der Waals surface area (Å²) in [6.07, 6.45) is -7.00. The van der Waals surface area contributed by atoms with E-state index in [0.717, 1.165) is 14.2 Å². The van der Waals surface area contributed by atoms with Gasteiger partial charge in [0.05, 0.1) is 25.5 Å². The molecule has 176 valence electrons. The molecule has 0 atom stereocenters. The number of aromatic nitrogens is 1. The molecule has 9 nitrogen and oxygen atoms in total. The number of carbonyl (C=O) groups excluding carboxylic acids is 4. The van der Waals surface area contributed by atoms with E-state index in [1.54, 1.807) is 0 Å². The van der Waals surface area contributed by atoms with Crippen molar-refractivity contribution in [2.24, 2.45) is 0 Å². The second-order valence-electron chi connectivity index (χ2n) is 7.28. The third kappa shape index (κ3) is 6.53. The van der Waals surface area contributed by atoms with Gasteiger partial charge in [0.1, 0.15) is 11.3 Å². The average Bonchev–Trinajstić information content (AvgIpc) is 2.68. The van der Waals surface area contributed by atoms with Crippen molar-refractivity contribution in [2.75, 3.05) is 19.1 Å². The predicted molar refractivity (Wildman–Crippen MR) is 105 cm³/mol. The summed E-state index contributed by atoms with van der Waals surface area (Å²) in [5.74, 6) is -2.33. The number of ether oxygens (including phenoxy) is 3. The van der Waals surface area contributed by atoms with Gasteiger partial charge in [0.25, 0.3) is 0 Å². The summed E-state index contributed by atoms with van der Waals surface area (Å²) in [6.45, 7) is 7.73. The molecule has 0 aliphatic carbocycles. The van der Waals surface area contributed by atoms with Gasteiger partial charge in [0.2, 0.25) is 0 Å². The molecule has 1 heterocycles. The first-order valence-electron chi connectivity index (χ1n) is 9.13. The second-order valence-corrected chi connectivity index (χ2v) is 7.28. The van der Waals surface area contributed by atoms with Gasteiger partial charge in [-0.05, 0) is 33.3 Å². The van der Waals surface area contributed by atoms with Crippen molar-refractivity contribution in [3.8, 4) is 0 Å². The highest BCUT2D eigenvalue weighted by Crippen LogP contribution is 2.36. The smallest absolute Gasteiger partial charge is 0.424 e. The van der Waals surface area contributed by atoms with Crippen LogP contribution in [-0.4, -0.2) is 48.7 Å². The maximum atomic E-state index is 13.8. The van der Waals surface area contributed by atoms with Crippen LogP contribution < -0.4 is 4.90 Å². The highest BCUT2D eigenvalue weighted by atomic mass is 19.4. The van der Waals surface area contributed by atoms with Crippen molar-refractivity contribution in [2.45, 2.75) is 45.4 Å². The minimum Gasteiger partial charge on any atom is -0.464 e. The summed E-state index contributed by atoms with van der Waals surface area (Å²) in [7, 11) is 1.77. The van der Waals surface area contributed by atoms with Crippen molar-refractivity contribution < 1.29 is 46.6 Å². The third-order valence-electron chi connectivity index (χ3n) is 3.70. The number of alkyl halides is 3. The molecule has 2 amide bonds. The van der Waals surface area contributed by atoms with Gasteiger partial charge in [-0.15, -0.1) is 6.58 Å². The highest BCUT2D eigenvalue weighted by molar-refractivity contribution is 6.13. The highest BCUT2D eigenvalue weighted by Gasteiger charge is 2.41. The zero-order valence-corrected chi connectivity index (χ0v) is 18.2. The summed E-state index contributed by atoms with van der Waals surface area (Å²) in [5, 5.41) is 0. The predicted octanol–water partition coefficient (Wildman–Crippen LogP) is 4.54. The molecule has 1 aromatic heterocycles. The first-order valence-corrected chi connectivity index (χ1v) is 9.13. The van der Waals surface area contributed by atoms with Crippen LogP contribution in [0.3, 0.4) is 0 Å². The average molecular weight is 460 g/mol. The molecule has 12 heteroatoms. The van der Waals surface area contributed by atoms with Crippen LogP contribution in [0.25, 0.3) is 0 Å². The minimum absolute atomic E-state index is 0.0549. The van der Waals surface area contributed by atoms with Gasteiger partial charge in [-0.2, -0.15) is 18.1 Å². The number of allylic oxidation sites excluding steroid dienone is 1. The fourth-order valence-corrected chi connectivity index (χ4v) is 2.37. The zero-order chi connectivity index (χ0) is 24.9. The molecule has 1 rings (SSSR count). The molecule has 32 heavy (non-hydrogen) atoms. The number of carbonyl (C=O) groups is 4. The second kappa shape index (κ2) is 10.2. The Bertz CT molecular complexity index is 921. The van der Waals surface area contributed by atoms with Gasteiger partial charge in [-0.3, -0.25) is 4.79 Å². The molecule has 0 aliphatic rings. The van der Waals surface area contributed by atoms with E-state index >= 15 is 0 Å². The summed E-state index contributed by atoms with van der Waals surface area (Å²) in [6, 6.07) is 0.279. The number of anilines is 1. The number of methoxy groups -OCH3 is 2. The normalized spacial score (nSPS) is 11.4. The van der Waals surface area contributed by atoms with Crippen molar-refractivity contribution in [1.82, 2.24) is 4.98 Å². The Kier molecular flexibility index (Phi) is 8.52. The number of ketones is 1. The van der Waals surface area contributed by atoms with Gasteiger partial charge in [0, 0.05) is 6.42 Å². The number of esters is 1. The lowest BCUT2D eigenvalue weighted by Crippen LogP contribution is -2.42. The van der Waals surface area contributed by atoms with E-state index in [4.69, 9.17) is 4.74 Å². The Morgan fingerprint density at radius 2 is 1.66 bits per heavy atom. The molecule has 0 saturated carbocycles. The Hall–Kier alpha value is -3.44. The quantitative estimate of drug-likeness (QED) is 0.263. The minimum atomic E-state index is -5.12. The summed E-state index contributed by atoms with van der Waals surface area (Å²) >= 11 is 0. The lowest BCUT2D eigenvalue weighted by Gasteiger charge is -2.26. The number of nitrogens with zero attached hydrogens (tertiary/aromatic N) is 2. The van der Waals surface area contributed by atoms with Crippen LogP contribution in [0.1, 0.15) is 60.2 Å². The SMILES string of the molecule is C=CCCC(=O)c1nc(C(=O)OC)c(N(C(=O)OC)C(=O)OC(C)(C)C)cc1C(F)(F)F. The molecule has 0 fully saturated rings. The molecule has 0 N–H and O–H groups in total. The first kappa shape index (κ1) is 26.6. The van der Waals surface area contributed by atoms with E-state index in [-0.39, 0.29) is 23.8 Å². The fourth-order valence-electron chi connectivity index (χ4n) is 2.37. The van der Waals surface area contributed by atoms with Crippen LogP contribution in [0.4, 0.5) is 28.4 Å². The number of Topliss-reactive ketones (excluding diaryl/α,β-unsaturated/α-hetero) is 1. The number of pyridine rings is 1. The topological polar surface area (TPSA) is 112 Å². The Morgan fingerprint density at radius 1 is 1.06 bits per heavy atom. The third-order valence-corrected chi connectivity index (χ3v) is 3.70. The largest absolute Gasteiger partial charge is 0.464 e. The van der Waals surface area contributed by atoms with Crippen molar-refractivity contribution in [3.63, 3.8) is 0 Å². The van der Waals surface area contributed by atoms with Crippen LogP contribution >= 0.6 is 0 Å². The molecular formula is C20H23F3N2O7. The van der Waals surface area contributed by atoms with Crippen LogP contribution in [0.2, 0.25) is 0 Å². The van der Waals surface area contributed by atoms with Crippen molar-refractivity contribution in [3.05, 3.63) is 35.7 Å². The maximum absolute atomic E-state index is 13.8. The summed E-state index contributed by atoms with van der Waals surface area (Å²) in [4.78, 5) is 53.2. The van der Waals surface area contributed by atoms with Gasteiger partial charge >= 0.3 is 24.3 Å². The number of amides is 2. The van der Waals surface area contributed by atoms with Crippen LogP contribution in [0.5, 0.6) is 0 Å². The molecule has 0 aromatic carbocycles. The van der Waals surface area contributed by atoms with E-state index in [0.29, 0.717) is 0 Å². The maximum Gasteiger partial charge on any atom is 0.424 e. The van der Waals surface area contributed by atoms with E-state index in [1.807, 2.05) is 0 Å². The number of rotatable bonds is 6. The number of hydrogen-bond donors (Lipinski definition) is 0. The summed E-state index contributed by atoms with van der Waals surface area (Å²) in [5.41, 5.74) is -5.61. The van der Waals surface area contributed by atoms with E-state index in [2.05, 4.69) is 21.0 Å². The monoisotopic (exact) mass is 460 g/mol. The summed E-state index contributed by atoms with van der Waals surface area (Å²) < 4.78 is 55.3. The standard InChI is InChI=1S/C20H23F3N2O7/c1-7-8-9-13(26)14-11(20(21,22)23)10-12(15(24-14)16(27)30-5)25(17(28)31-6)18(29)32-19(2,3)4/h7,10H,1,8-9H2,2-6H3. The van der Waals surface area contributed by atoms with Crippen molar-refractivity contribution in [1.29, 1.82) is 0 Å². The Labute approximate surface area is 182 Å². The molecule has 0 radical (unpaired) electrons. The lowest BCUT2D eigenvalue weighted by atomic mass is 10.0. The number of halogens is 3. The van der Waals surface area contributed by atoms with E-state index in [9.17, 15) is 32.3 Å².